The molecule has 3 aromatic rings. The van der Waals surface area contributed by atoms with Crippen LogP contribution in [0.25, 0.3) is 11.0 Å². The van der Waals surface area contributed by atoms with Crippen LogP contribution in [0.4, 0.5) is 17.3 Å². The van der Waals surface area contributed by atoms with Crippen molar-refractivity contribution < 1.29 is 36.2 Å². The van der Waals surface area contributed by atoms with E-state index >= 15 is 0 Å². The zero-order valence-corrected chi connectivity index (χ0v) is 21.9. The Labute approximate surface area is 215 Å². The molecule has 0 radical (unpaired) electrons. The molecule has 0 spiro atoms. The Balaban J connectivity index is 1.78. The lowest BCUT2D eigenvalue weighted by molar-refractivity contribution is 0.228. The third-order valence-corrected chi connectivity index (χ3v) is 9.46. The summed E-state index contributed by atoms with van der Waals surface area (Å²) in [7, 11) is -4.59. The molecule has 2 aromatic carbocycles. The van der Waals surface area contributed by atoms with Crippen molar-refractivity contribution in [1.29, 1.82) is 0 Å². The summed E-state index contributed by atoms with van der Waals surface area (Å²) < 4.78 is 69.1. The number of benzene rings is 2. The molecule has 3 N–H and O–H groups in total. The molecule has 1 aromatic heterocycles. The summed E-state index contributed by atoms with van der Waals surface area (Å²) in [6, 6.07) is 10.2. The van der Waals surface area contributed by atoms with E-state index in [1.54, 1.807) is 36.4 Å². The van der Waals surface area contributed by atoms with Gasteiger partial charge in [-0.2, -0.15) is 0 Å². The summed E-state index contributed by atoms with van der Waals surface area (Å²) in [6.07, 6.45) is 0.372. The number of anilines is 3. The highest BCUT2D eigenvalue weighted by atomic mass is 32.2. The summed E-state index contributed by atoms with van der Waals surface area (Å²) in [4.78, 5) is 9.02. The number of sulfone groups is 1. The largest absolute Gasteiger partial charge is 0.497 e. The average molecular weight is 553 g/mol. The number of aliphatic hydroxyl groups is 1. The fourth-order valence-corrected chi connectivity index (χ4v) is 7.87. The van der Waals surface area contributed by atoms with Crippen molar-refractivity contribution in [2.75, 3.05) is 49.0 Å². The summed E-state index contributed by atoms with van der Waals surface area (Å²) in [5.74, 6) is 0.374. The van der Waals surface area contributed by atoms with E-state index in [1.807, 2.05) is 0 Å². The monoisotopic (exact) mass is 552 g/mol. The smallest absolute Gasteiger partial charge is 0.237 e. The minimum atomic E-state index is -4.10. The second-order valence-electron chi connectivity index (χ2n) is 8.34. The van der Waals surface area contributed by atoms with Crippen molar-refractivity contribution in [2.45, 2.75) is 18.1 Å². The molecule has 0 saturated carbocycles. The van der Waals surface area contributed by atoms with E-state index in [1.165, 1.54) is 14.2 Å². The second kappa shape index (κ2) is 10.9. The van der Waals surface area contributed by atoms with Gasteiger partial charge in [-0.1, -0.05) is 12.1 Å². The highest BCUT2D eigenvalue weighted by Crippen LogP contribution is 2.42. The zero-order chi connectivity index (χ0) is 26.6. The topological polar surface area (TPSA) is 166 Å². The van der Waals surface area contributed by atoms with E-state index in [0.29, 0.717) is 40.4 Å². The van der Waals surface area contributed by atoms with Crippen LogP contribution in [-0.4, -0.2) is 76.1 Å². The Morgan fingerprint density at radius 1 is 1.08 bits per heavy atom. The standard InChI is InChI=1S/C23H28N4O8S2/c1-33-15-12-19(21(20(13-15)34-2)35-10-5-9-28)26-22-23(25-18-7-4-3-6-17(18)24-22)27-37(31,32)16-8-11-36(29,30)14-16/h3-4,6-7,12-13,16,28H,5,8-11,14H2,1-2H3,(H,24,26)(H,25,27). The van der Waals surface area contributed by atoms with Crippen LogP contribution < -0.4 is 24.2 Å². The average Bonchev–Trinajstić information content (AvgIpc) is 3.25. The van der Waals surface area contributed by atoms with Gasteiger partial charge in [0.25, 0.3) is 0 Å². The Hall–Kier alpha value is -3.36. The normalized spacial score (nSPS) is 16.9. The van der Waals surface area contributed by atoms with Gasteiger partial charge in [0.2, 0.25) is 10.0 Å². The van der Waals surface area contributed by atoms with Gasteiger partial charge in [0, 0.05) is 25.2 Å². The van der Waals surface area contributed by atoms with E-state index in [4.69, 9.17) is 19.3 Å². The van der Waals surface area contributed by atoms with E-state index < -0.39 is 30.9 Å². The van der Waals surface area contributed by atoms with E-state index in [9.17, 15) is 16.8 Å². The number of hydrogen-bond donors (Lipinski definition) is 3. The lowest BCUT2D eigenvalue weighted by Gasteiger charge is -2.19. The molecule has 1 saturated heterocycles. The maximum Gasteiger partial charge on any atom is 0.237 e. The van der Waals surface area contributed by atoms with Crippen molar-refractivity contribution in [3.05, 3.63) is 36.4 Å². The molecule has 2 heterocycles. The minimum absolute atomic E-state index is 0.00261. The van der Waals surface area contributed by atoms with Crippen LogP contribution in [0.15, 0.2) is 36.4 Å². The predicted molar refractivity (Wildman–Crippen MR) is 139 cm³/mol. The number of nitrogens with zero attached hydrogens (tertiary/aromatic N) is 2. The van der Waals surface area contributed by atoms with Crippen LogP contribution >= 0.6 is 0 Å². The maximum atomic E-state index is 13.1. The van der Waals surface area contributed by atoms with Gasteiger partial charge < -0.3 is 24.6 Å². The number of fused-ring (bicyclic) bond motifs is 1. The number of para-hydroxylation sites is 2. The molecule has 14 heteroatoms. The number of nitrogens with one attached hydrogen (secondary N) is 2. The molecule has 0 aliphatic carbocycles. The molecule has 4 rings (SSSR count). The Kier molecular flexibility index (Phi) is 7.90. The minimum Gasteiger partial charge on any atom is -0.497 e. The van der Waals surface area contributed by atoms with Gasteiger partial charge in [0.1, 0.15) is 5.75 Å². The molecule has 0 bridgehead atoms. The third kappa shape index (κ3) is 6.14. The van der Waals surface area contributed by atoms with Crippen LogP contribution in [0.2, 0.25) is 0 Å². The zero-order valence-electron chi connectivity index (χ0n) is 20.3. The molecular formula is C23H28N4O8S2. The summed E-state index contributed by atoms with van der Waals surface area (Å²) in [5, 5.41) is 11.1. The van der Waals surface area contributed by atoms with E-state index in [2.05, 4.69) is 20.0 Å². The highest BCUT2D eigenvalue weighted by molar-refractivity contribution is 7.97. The molecule has 1 aliphatic heterocycles. The fourth-order valence-electron chi connectivity index (χ4n) is 3.84. The summed E-state index contributed by atoms with van der Waals surface area (Å²) in [5.41, 5.74) is 1.28. The lowest BCUT2D eigenvalue weighted by atomic mass is 10.2. The molecule has 37 heavy (non-hydrogen) atoms. The van der Waals surface area contributed by atoms with Crippen LogP contribution in [0.1, 0.15) is 12.8 Å². The number of sulfonamides is 1. The molecule has 1 atom stereocenters. The van der Waals surface area contributed by atoms with Gasteiger partial charge in [0.15, 0.2) is 33.0 Å². The van der Waals surface area contributed by atoms with E-state index in [0.717, 1.165) is 0 Å². The first-order valence-corrected chi connectivity index (χ1v) is 14.8. The molecular weight excluding hydrogens is 524 g/mol. The lowest BCUT2D eigenvalue weighted by Crippen LogP contribution is -2.29. The quantitative estimate of drug-likeness (QED) is 0.298. The van der Waals surface area contributed by atoms with Crippen molar-refractivity contribution in [3.8, 4) is 17.2 Å². The van der Waals surface area contributed by atoms with Gasteiger partial charge in [0.05, 0.1) is 54.3 Å². The molecule has 1 unspecified atom stereocenters. The Morgan fingerprint density at radius 3 is 2.38 bits per heavy atom. The van der Waals surface area contributed by atoms with Crippen LogP contribution in [0.5, 0.6) is 17.2 Å². The number of ether oxygens (including phenoxy) is 3. The van der Waals surface area contributed by atoms with Crippen molar-refractivity contribution in [2.24, 2.45) is 0 Å². The van der Waals surface area contributed by atoms with Gasteiger partial charge in [-0.15, -0.1) is 0 Å². The van der Waals surface area contributed by atoms with Gasteiger partial charge in [-0.05, 0) is 18.6 Å². The molecule has 200 valence electrons. The van der Waals surface area contributed by atoms with Crippen molar-refractivity contribution in [3.63, 3.8) is 0 Å². The summed E-state index contributed by atoms with van der Waals surface area (Å²) in [6.45, 7) is 0.118. The molecule has 1 fully saturated rings. The number of hydrogen-bond acceptors (Lipinski definition) is 11. The molecule has 1 aliphatic rings. The van der Waals surface area contributed by atoms with Gasteiger partial charge >= 0.3 is 0 Å². The Bertz CT molecular complexity index is 1500. The number of rotatable bonds is 11. The van der Waals surface area contributed by atoms with Crippen LogP contribution in [0.3, 0.4) is 0 Å². The van der Waals surface area contributed by atoms with E-state index in [-0.39, 0.29) is 37.0 Å². The van der Waals surface area contributed by atoms with Crippen molar-refractivity contribution >= 4 is 48.2 Å². The van der Waals surface area contributed by atoms with Crippen molar-refractivity contribution in [1.82, 2.24) is 9.97 Å². The third-order valence-electron chi connectivity index (χ3n) is 5.72. The van der Waals surface area contributed by atoms with Crippen LogP contribution in [0, 0.1) is 0 Å². The highest BCUT2D eigenvalue weighted by Gasteiger charge is 2.38. The number of methoxy groups -OCH3 is 2. The van der Waals surface area contributed by atoms with Gasteiger partial charge in [-0.25, -0.2) is 26.8 Å². The van der Waals surface area contributed by atoms with Gasteiger partial charge in [-0.3, -0.25) is 4.72 Å². The first kappa shape index (κ1) is 26.7. The maximum absolute atomic E-state index is 13.1. The predicted octanol–water partition coefficient (Wildman–Crippen LogP) is 2.08. The Morgan fingerprint density at radius 2 is 1.78 bits per heavy atom. The first-order valence-electron chi connectivity index (χ1n) is 11.4. The van der Waals surface area contributed by atoms with Crippen LogP contribution in [-0.2, 0) is 19.9 Å². The molecule has 0 amide bonds. The summed E-state index contributed by atoms with van der Waals surface area (Å²) >= 11 is 0. The fraction of sp³-hybridized carbons (Fsp3) is 0.391. The number of aliphatic hydroxyl groups excluding tert-OH is 1. The molecule has 12 nitrogen and oxygen atoms in total. The second-order valence-corrected chi connectivity index (χ2v) is 12.5. The first-order chi connectivity index (χ1) is 17.7. The number of aromatic nitrogens is 2. The SMILES string of the molecule is COc1cc(Nc2nc3ccccc3nc2NS(=O)(=O)C2CCS(=O)(=O)C2)c(OCCCO)c(OC)c1.